The van der Waals surface area contributed by atoms with Crippen LogP contribution < -0.4 is 10.1 Å². The highest BCUT2D eigenvalue weighted by atomic mass is 32.1. The minimum atomic E-state index is -0.330. The quantitative estimate of drug-likeness (QED) is 0.464. The summed E-state index contributed by atoms with van der Waals surface area (Å²) in [4.78, 5) is 21.7. The van der Waals surface area contributed by atoms with Gasteiger partial charge in [0.25, 0.3) is 5.91 Å². The number of hydrogen-bond donors (Lipinski definition) is 1. The number of amides is 1. The highest BCUT2D eigenvalue weighted by Gasteiger charge is 2.18. The molecule has 4 aromatic rings. The first-order chi connectivity index (χ1) is 14.7. The second-order valence-corrected chi connectivity index (χ2v) is 7.80. The molecule has 0 bridgehead atoms. The third-order valence-electron chi connectivity index (χ3n) is 4.56. The van der Waals surface area contributed by atoms with Gasteiger partial charge >= 0.3 is 0 Å². The van der Waals surface area contributed by atoms with E-state index < -0.39 is 0 Å². The number of pyridine rings is 1. The average molecular weight is 416 g/mol. The van der Waals surface area contributed by atoms with Crippen LogP contribution in [0.1, 0.15) is 38.4 Å². The van der Waals surface area contributed by atoms with Crippen molar-refractivity contribution in [2.24, 2.45) is 0 Å². The normalized spacial score (nSPS) is 11.6. The molecule has 0 saturated heterocycles. The molecule has 5 nitrogen and oxygen atoms in total. The van der Waals surface area contributed by atoms with Crippen LogP contribution in [0.5, 0.6) is 5.75 Å². The van der Waals surface area contributed by atoms with E-state index in [1.165, 1.54) is 0 Å². The first kappa shape index (κ1) is 19.8. The van der Waals surface area contributed by atoms with Gasteiger partial charge in [0.1, 0.15) is 12.4 Å². The molecular weight excluding hydrogens is 394 g/mol. The lowest BCUT2D eigenvalue weighted by molar-refractivity contribution is 0.0942. The van der Waals surface area contributed by atoms with Gasteiger partial charge in [0, 0.05) is 17.1 Å². The third kappa shape index (κ3) is 4.90. The molecule has 0 saturated carbocycles. The van der Waals surface area contributed by atoms with Crippen molar-refractivity contribution in [2.75, 3.05) is 0 Å². The van der Waals surface area contributed by atoms with Crippen LogP contribution in [0.2, 0.25) is 0 Å². The number of nitrogens with zero attached hydrogens (tertiary/aromatic N) is 2. The Morgan fingerprint density at radius 2 is 1.80 bits per heavy atom. The molecule has 1 atom stereocenters. The van der Waals surface area contributed by atoms with Crippen LogP contribution in [-0.2, 0) is 6.61 Å². The van der Waals surface area contributed by atoms with E-state index in [1.54, 1.807) is 41.8 Å². The lowest BCUT2D eigenvalue weighted by Crippen LogP contribution is -2.29. The van der Waals surface area contributed by atoms with Gasteiger partial charge in [0.05, 0.1) is 22.4 Å². The van der Waals surface area contributed by atoms with Gasteiger partial charge in [-0.05, 0) is 48.9 Å². The molecule has 0 aliphatic heterocycles. The highest BCUT2D eigenvalue weighted by molar-refractivity contribution is 7.09. The van der Waals surface area contributed by atoms with Crippen molar-refractivity contribution in [3.05, 3.63) is 112 Å². The molecule has 4 rings (SSSR count). The second-order valence-electron chi connectivity index (χ2n) is 6.74. The van der Waals surface area contributed by atoms with Crippen molar-refractivity contribution >= 4 is 17.2 Å². The summed E-state index contributed by atoms with van der Waals surface area (Å²) in [5.74, 6) is 0.526. The van der Waals surface area contributed by atoms with Crippen LogP contribution in [0, 0.1) is 6.92 Å². The summed E-state index contributed by atoms with van der Waals surface area (Å²) in [6.45, 7) is 2.38. The lowest BCUT2D eigenvalue weighted by Gasteiger charge is -2.19. The zero-order valence-electron chi connectivity index (χ0n) is 16.5. The average Bonchev–Trinajstić information content (AvgIpc) is 3.22. The SMILES string of the molecule is Cc1nc(COc2ccc(C(=O)NC(c3ccccc3)c3ccccn3)cc2)cs1. The summed E-state index contributed by atoms with van der Waals surface area (Å²) in [6, 6.07) is 22.3. The Kier molecular flexibility index (Phi) is 6.15. The van der Waals surface area contributed by atoms with Gasteiger partial charge in [-0.25, -0.2) is 4.98 Å². The van der Waals surface area contributed by atoms with Crippen LogP contribution in [0.3, 0.4) is 0 Å². The van der Waals surface area contributed by atoms with Crippen LogP contribution in [0.15, 0.2) is 84.4 Å². The van der Waals surface area contributed by atoms with Crippen LogP contribution >= 0.6 is 11.3 Å². The zero-order valence-corrected chi connectivity index (χ0v) is 17.3. The Balaban J connectivity index is 1.46. The molecule has 30 heavy (non-hydrogen) atoms. The number of hydrogen-bond acceptors (Lipinski definition) is 5. The van der Waals surface area contributed by atoms with Crippen molar-refractivity contribution in [3.63, 3.8) is 0 Å². The predicted octanol–water partition coefficient (Wildman–Crippen LogP) is 4.94. The van der Waals surface area contributed by atoms with Crippen LogP contribution in [-0.4, -0.2) is 15.9 Å². The molecule has 1 N–H and O–H groups in total. The monoisotopic (exact) mass is 415 g/mol. The maximum atomic E-state index is 12.9. The first-order valence-corrected chi connectivity index (χ1v) is 10.5. The minimum Gasteiger partial charge on any atom is -0.487 e. The molecule has 6 heteroatoms. The van der Waals surface area contributed by atoms with Gasteiger partial charge in [-0.2, -0.15) is 0 Å². The van der Waals surface area contributed by atoms with E-state index in [1.807, 2.05) is 60.8 Å². The fraction of sp³-hybridized carbons (Fsp3) is 0.125. The molecule has 2 heterocycles. The minimum absolute atomic E-state index is 0.170. The summed E-state index contributed by atoms with van der Waals surface area (Å²) in [5, 5.41) is 6.09. The second kappa shape index (κ2) is 9.33. The number of carbonyl (C=O) groups excluding carboxylic acids is 1. The van der Waals surface area contributed by atoms with Crippen molar-refractivity contribution in [1.29, 1.82) is 0 Å². The van der Waals surface area contributed by atoms with E-state index in [0.29, 0.717) is 17.9 Å². The van der Waals surface area contributed by atoms with E-state index in [4.69, 9.17) is 4.74 Å². The molecule has 150 valence electrons. The van der Waals surface area contributed by atoms with Gasteiger partial charge in [-0.1, -0.05) is 36.4 Å². The molecular formula is C24H21N3O2S. The number of nitrogens with one attached hydrogen (secondary N) is 1. The fourth-order valence-electron chi connectivity index (χ4n) is 3.07. The standard InChI is InChI=1S/C24H21N3O2S/c1-17-26-20(16-30-17)15-29-21-12-10-19(11-13-21)24(28)27-23(18-7-3-2-4-8-18)22-9-5-6-14-25-22/h2-14,16,23H,15H2,1H3,(H,27,28). The Labute approximate surface area is 179 Å². The number of thiazole rings is 1. The van der Waals surface area contributed by atoms with Crippen molar-refractivity contribution in [1.82, 2.24) is 15.3 Å². The topological polar surface area (TPSA) is 64.1 Å². The van der Waals surface area contributed by atoms with Gasteiger partial charge in [0.2, 0.25) is 0 Å². The molecule has 0 spiro atoms. The summed E-state index contributed by atoms with van der Waals surface area (Å²) in [6.07, 6.45) is 1.73. The molecule has 0 fully saturated rings. The smallest absolute Gasteiger partial charge is 0.252 e. The maximum Gasteiger partial charge on any atom is 0.252 e. The maximum absolute atomic E-state index is 12.9. The number of benzene rings is 2. The van der Waals surface area contributed by atoms with E-state index in [0.717, 1.165) is 22.0 Å². The van der Waals surface area contributed by atoms with E-state index >= 15 is 0 Å². The Hall–Kier alpha value is -3.51. The number of aryl methyl sites for hydroxylation is 1. The van der Waals surface area contributed by atoms with Crippen molar-refractivity contribution in [3.8, 4) is 5.75 Å². The number of rotatable bonds is 7. The lowest BCUT2D eigenvalue weighted by atomic mass is 10.0. The summed E-state index contributed by atoms with van der Waals surface area (Å²) in [7, 11) is 0. The first-order valence-electron chi connectivity index (χ1n) is 9.59. The van der Waals surface area contributed by atoms with Crippen LogP contribution in [0.25, 0.3) is 0 Å². The largest absolute Gasteiger partial charge is 0.487 e. The molecule has 2 aromatic heterocycles. The summed E-state index contributed by atoms with van der Waals surface area (Å²) < 4.78 is 5.76. The van der Waals surface area contributed by atoms with Gasteiger partial charge < -0.3 is 10.1 Å². The van der Waals surface area contributed by atoms with E-state index in [9.17, 15) is 4.79 Å². The van der Waals surface area contributed by atoms with Crippen molar-refractivity contribution in [2.45, 2.75) is 19.6 Å². The summed E-state index contributed by atoms with van der Waals surface area (Å²) >= 11 is 1.60. The van der Waals surface area contributed by atoms with Crippen LogP contribution in [0.4, 0.5) is 0 Å². The Morgan fingerprint density at radius 1 is 1.03 bits per heavy atom. The predicted molar refractivity (Wildman–Crippen MR) is 118 cm³/mol. The van der Waals surface area contributed by atoms with Gasteiger partial charge in [0.15, 0.2) is 0 Å². The molecule has 1 unspecified atom stereocenters. The van der Waals surface area contributed by atoms with E-state index in [2.05, 4.69) is 15.3 Å². The fourth-order valence-corrected chi connectivity index (χ4v) is 3.67. The molecule has 0 radical (unpaired) electrons. The Morgan fingerprint density at radius 3 is 2.47 bits per heavy atom. The Bertz CT molecular complexity index is 1060. The highest BCUT2D eigenvalue weighted by Crippen LogP contribution is 2.21. The van der Waals surface area contributed by atoms with Gasteiger partial charge in [-0.3, -0.25) is 9.78 Å². The zero-order chi connectivity index (χ0) is 20.8. The molecule has 0 aliphatic rings. The molecule has 2 aromatic carbocycles. The third-order valence-corrected chi connectivity index (χ3v) is 5.38. The summed E-state index contributed by atoms with van der Waals surface area (Å²) in [5.41, 5.74) is 3.22. The number of ether oxygens (including phenoxy) is 1. The van der Waals surface area contributed by atoms with E-state index in [-0.39, 0.29) is 11.9 Å². The molecule has 0 aliphatic carbocycles. The molecule has 1 amide bonds. The number of aromatic nitrogens is 2. The van der Waals surface area contributed by atoms with Gasteiger partial charge in [-0.15, -0.1) is 11.3 Å². The number of carbonyl (C=O) groups is 1. The van der Waals surface area contributed by atoms with Crippen molar-refractivity contribution < 1.29 is 9.53 Å².